The first-order valence-electron chi connectivity index (χ1n) is 8.57. The van der Waals surface area contributed by atoms with Gasteiger partial charge in [0.2, 0.25) is 0 Å². The van der Waals surface area contributed by atoms with Crippen LogP contribution in [-0.2, 0) is 13.6 Å². The van der Waals surface area contributed by atoms with E-state index in [0.29, 0.717) is 28.7 Å². The molecule has 0 aliphatic carbocycles. The number of aryl methyl sites for hydroxylation is 1. The van der Waals surface area contributed by atoms with E-state index in [1.165, 1.54) is 23.4 Å². The molecule has 0 bridgehead atoms. The maximum Gasteiger partial charge on any atom is 0.332 e. The first kappa shape index (κ1) is 19.1. The molecule has 3 aromatic heterocycles. The summed E-state index contributed by atoms with van der Waals surface area (Å²) in [5, 5.41) is 0.683. The van der Waals surface area contributed by atoms with Crippen molar-refractivity contribution in [1.29, 1.82) is 0 Å². The number of fused-ring (bicyclic) bond motifs is 1. The summed E-state index contributed by atoms with van der Waals surface area (Å²) < 4.78 is 2.58. The van der Waals surface area contributed by atoms with E-state index in [9.17, 15) is 14.4 Å². The van der Waals surface area contributed by atoms with E-state index in [4.69, 9.17) is 0 Å². The van der Waals surface area contributed by atoms with Crippen LogP contribution in [0, 0.1) is 12.8 Å². The summed E-state index contributed by atoms with van der Waals surface area (Å²) >= 11 is 1.18. The van der Waals surface area contributed by atoms with E-state index in [1.54, 1.807) is 25.3 Å². The number of aromatic amines is 1. The van der Waals surface area contributed by atoms with Crippen molar-refractivity contribution in [3.8, 4) is 0 Å². The van der Waals surface area contributed by atoms with Gasteiger partial charge in [0.15, 0.2) is 11.4 Å². The van der Waals surface area contributed by atoms with Crippen LogP contribution in [0.25, 0.3) is 11.0 Å². The number of rotatable bonds is 6. The van der Waals surface area contributed by atoms with Crippen LogP contribution in [-0.4, -0.2) is 35.6 Å². The van der Waals surface area contributed by atoms with Crippen LogP contribution in [0.3, 0.4) is 0 Å². The lowest BCUT2D eigenvalue weighted by Crippen LogP contribution is -2.39. The molecule has 0 spiro atoms. The van der Waals surface area contributed by atoms with Crippen molar-refractivity contribution in [3.05, 3.63) is 50.7 Å². The van der Waals surface area contributed by atoms with Gasteiger partial charge in [-0.2, -0.15) is 0 Å². The molecule has 0 fully saturated rings. The van der Waals surface area contributed by atoms with Gasteiger partial charge in [-0.05, 0) is 25.0 Å². The highest BCUT2D eigenvalue weighted by Crippen LogP contribution is 2.23. The molecule has 0 atom stereocenters. The Morgan fingerprint density at radius 2 is 2.04 bits per heavy atom. The highest BCUT2D eigenvalue weighted by Gasteiger charge is 2.19. The van der Waals surface area contributed by atoms with E-state index in [0.717, 1.165) is 4.57 Å². The van der Waals surface area contributed by atoms with Crippen LogP contribution in [0.1, 0.15) is 30.2 Å². The van der Waals surface area contributed by atoms with Crippen molar-refractivity contribution in [2.45, 2.75) is 32.3 Å². The van der Waals surface area contributed by atoms with Gasteiger partial charge in [-0.15, -0.1) is 0 Å². The fourth-order valence-corrected chi connectivity index (χ4v) is 3.73. The Bertz CT molecular complexity index is 1110. The Morgan fingerprint density at radius 1 is 1.30 bits per heavy atom. The van der Waals surface area contributed by atoms with Gasteiger partial charge in [0.1, 0.15) is 16.2 Å². The van der Waals surface area contributed by atoms with Crippen LogP contribution in [0.15, 0.2) is 32.9 Å². The molecule has 0 saturated heterocycles. The van der Waals surface area contributed by atoms with Crippen molar-refractivity contribution < 1.29 is 4.79 Å². The van der Waals surface area contributed by atoms with Crippen molar-refractivity contribution >= 4 is 28.6 Å². The second-order valence-corrected chi connectivity index (χ2v) is 7.69. The first-order chi connectivity index (χ1) is 12.8. The highest BCUT2D eigenvalue weighted by molar-refractivity contribution is 8.00. The monoisotopic (exact) mass is 387 g/mol. The van der Waals surface area contributed by atoms with E-state index in [1.807, 2.05) is 13.8 Å². The van der Waals surface area contributed by atoms with E-state index in [2.05, 4.69) is 15.0 Å². The molecule has 8 nitrogen and oxygen atoms in total. The zero-order chi connectivity index (χ0) is 19.7. The Labute approximate surface area is 159 Å². The van der Waals surface area contributed by atoms with Crippen molar-refractivity contribution in [1.82, 2.24) is 24.1 Å². The third-order valence-corrected chi connectivity index (χ3v) is 5.02. The lowest BCUT2D eigenvalue weighted by Gasteiger charge is -2.15. The number of nitrogens with one attached hydrogen (secondary N) is 1. The first-order valence-corrected chi connectivity index (χ1v) is 9.55. The number of Topliss-reactive ketones (excluding diaryl/α,β-unsaturated/α-hetero) is 1. The number of carbonyl (C=O) groups excluding carboxylic acids is 1. The Hall–Kier alpha value is -2.68. The van der Waals surface area contributed by atoms with Gasteiger partial charge in [-0.25, -0.2) is 14.8 Å². The Kier molecular flexibility index (Phi) is 5.31. The molecule has 3 heterocycles. The maximum atomic E-state index is 12.8. The number of hydrogen-bond donors (Lipinski definition) is 1. The maximum absolute atomic E-state index is 12.8. The number of nitrogens with zero attached hydrogens (tertiary/aromatic N) is 4. The molecule has 0 amide bonds. The smallest absolute Gasteiger partial charge is 0.332 e. The zero-order valence-corrected chi connectivity index (χ0v) is 16.5. The molecule has 1 N–H and O–H groups in total. The van der Waals surface area contributed by atoms with Gasteiger partial charge < -0.3 is 4.98 Å². The quantitative estimate of drug-likeness (QED) is 0.393. The Balaban J connectivity index is 2.13. The summed E-state index contributed by atoms with van der Waals surface area (Å²) in [6, 6.07) is 3.45. The summed E-state index contributed by atoms with van der Waals surface area (Å²) in [5.41, 5.74) is -0.0381. The van der Waals surface area contributed by atoms with Crippen molar-refractivity contribution in [3.63, 3.8) is 0 Å². The second-order valence-electron chi connectivity index (χ2n) is 6.72. The van der Waals surface area contributed by atoms with Gasteiger partial charge in [0, 0.05) is 19.8 Å². The van der Waals surface area contributed by atoms with E-state index in [-0.39, 0.29) is 22.8 Å². The lowest BCUT2D eigenvalue weighted by molar-refractivity contribution is 0.101. The predicted octanol–water partition coefficient (Wildman–Crippen LogP) is 1.76. The van der Waals surface area contributed by atoms with Crippen LogP contribution in [0.2, 0.25) is 0 Å². The molecule has 3 rings (SSSR count). The molecule has 0 unspecified atom stereocenters. The molecular formula is C18H21N5O3S. The molecule has 0 radical (unpaired) electrons. The zero-order valence-electron chi connectivity index (χ0n) is 15.6. The molecule has 3 aromatic rings. The molecule has 142 valence electrons. The standard InChI is InChI=1S/C18H21N5O3S/c1-10(2)8-23-15-14(17(25)22(4)18(23)26)16(21-11(3)20-15)27-9-13(24)12-6-5-7-19-12/h5-7,10,19H,8-9H2,1-4H3. The minimum absolute atomic E-state index is 0.0956. The molecular weight excluding hydrogens is 366 g/mol. The largest absolute Gasteiger partial charge is 0.359 e. The summed E-state index contributed by atoms with van der Waals surface area (Å²) in [6.45, 7) is 6.12. The molecule has 0 aromatic carbocycles. The van der Waals surface area contributed by atoms with Gasteiger partial charge in [-0.3, -0.25) is 18.7 Å². The predicted molar refractivity (Wildman–Crippen MR) is 104 cm³/mol. The summed E-state index contributed by atoms with van der Waals surface area (Å²) in [6.07, 6.45) is 1.68. The average Bonchev–Trinajstić information content (AvgIpc) is 3.15. The van der Waals surface area contributed by atoms with Gasteiger partial charge >= 0.3 is 5.69 Å². The second kappa shape index (κ2) is 7.51. The Morgan fingerprint density at radius 3 is 2.67 bits per heavy atom. The van der Waals surface area contributed by atoms with Gasteiger partial charge in [0.05, 0.1) is 11.4 Å². The van der Waals surface area contributed by atoms with Crippen molar-refractivity contribution in [2.24, 2.45) is 13.0 Å². The van der Waals surface area contributed by atoms with E-state index >= 15 is 0 Å². The van der Waals surface area contributed by atoms with Crippen LogP contribution >= 0.6 is 11.8 Å². The normalized spacial score (nSPS) is 11.4. The van der Waals surface area contributed by atoms with Crippen molar-refractivity contribution in [2.75, 3.05) is 5.75 Å². The van der Waals surface area contributed by atoms with Crippen LogP contribution in [0.4, 0.5) is 0 Å². The lowest BCUT2D eigenvalue weighted by atomic mass is 10.2. The van der Waals surface area contributed by atoms with Gasteiger partial charge in [0.25, 0.3) is 5.56 Å². The molecule has 0 aliphatic rings. The van der Waals surface area contributed by atoms with Crippen LogP contribution < -0.4 is 11.2 Å². The molecule has 0 aliphatic heterocycles. The fourth-order valence-electron chi connectivity index (χ4n) is 2.79. The summed E-state index contributed by atoms with van der Waals surface area (Å²) in [7, 11) is 1.44. The average molecular weight is 387 g/mol. The van der Waals surface area contributed by atoms with Gasteiger partial charge in [-0.1, -0.05) is 25.6 Å². The number of ketones is 1. The summed E-state index contributed by atoms with van der Waals surface area (Å²) in [5.74, 6) is 0.673. The third-order valence-electron chi connectivity index (χ3n) is 4.05. The molecule has 9 heteroatoms. The highest BCUT2D eigenvalue weighted by atomic mass is 32.2. The molecule has 0 saturated carbocycles. The fraction of sp³-hybridized carbons (Fsp3) is 0.389. The third kappa shape index (κ3) is 3.73. The van der Waals surface area contributed by atoms with E-state index < -0.39 is 11.2 Å². The SMILES string of the molecule is Cc1nc(SCC(=O)c2ccc[nH]2)c2c(=O)n(C)c(=O)n(CC(C)C)c2n1. The number of hydrogen-bond acceptors (Lipinski definition) is 6. The van der Waals surface area contributed by atoms with Crippen LogP contribution in [0.5, 0.6) is 0 Å². The summed E-state index contributed by atoms with van der Waals surface area (Å²) in [4.78, 5) is 49.2. The number of aromatic nitrogens is 5. The minimum atomic E-state index is -0.454. The topological polar surface area (TPSA) is 103 Å². The minimum Gasteiger partial charge on any atom is -0.359 e. The number of thioether (sulfide) groups is 1. The molecule has 27 heavy (non-hydrogen) atoms. The number of H-pyrrole nitrogens is 1. The number of carbonyl (C=O) groups is 1.